The number of nitrogens with one attached hydrogen (secondary N) is 1. The minimum atomic E-state index is 0.929. The van der Waals surface area contributed by atoms with Crippen LogP contribution in [0.15, 0.2) is 43.5 Å². The van der Waals surface area contributed by atoms with Crippen LogP contribution in [0.4, 0.5) is 5.69 Å². The van der Waals surface area contributed by atoms with Crippen molar-refractivity contribution in [2.24, 2.45) is 0 Å². The number of benzene rings is 1. The Kier molecular flexibility index (Phi) is 5.22. The van der Waals surface area contributed by atoms with E-state index in [1.54, 1.807) is 0 Å². The Morgan fingerprint density at radius 2 is 2.00 bits per heavy atom. The maximum absolute atomic E-state index is 3.81. The molecule has 1 aromatic rings. The largest absolute Gasteiger partial charge is 0.385 e. The molecule has 0 bridgehead atoms. The van der Waals surface area contributed by atoms with Crippen LogP contribution in [0.3, 0.4) is 0 Å². The first-order chi connectivity index (χ1) is 9.33. The van der Waals surface area contributed by atoms with Gasteiger partial charge in [-0.05, 0) is 36.5 Å². The van der Waals surface area contributed by atoms with Gasteiger partial charge in [-0.15, -0.1) is 13.2 Å². The normalized spacial score (nSPS) is 13.7. The van der Waals surface area contributed by atoms with E-state index >= 15 is 0 Å². The van der Waals surface area contributed by atoms with Crippen molar-refractivity contribution in [2.75, 3.05) is 31.5 Å². The third-order valence-corrected chi connectivity index (χ3v) is 3.60. The maximum Gasteiger partial charge on any atom is 0.0372 e. The van der Waals surface area contributed by atoms with Gasteiger partial charge in [-0.25, -0.2) is 0 Å². The van der Waals surface area contributed by atoms with Crippen molar-refractivity contribution in [3.63, 3.8) is 0 Å². The standard InChI is InChI=1S/C17H24N2/c1-3-11-19(12-4-2)13-9-15-7-8-17-16(14-15)6-5-10-18-17/h3-4,7-8,14,18H,1-2,5-6,9-13H2. The zero-order valence-corrected chi connectivity index (χ0v) is 11.7. The van der Waals surface area contributed by atoms with Crippen LogP contribution < -0.4 is 5.32 Å². The molecule has 102 valence electrons. The molecule has 0 unspecified atom stereocenters. The maximum atomic E-state index is 3.81. The molecule has 1 aromatic carbocycles. The van der Waals surface area contributed by atoms with E-state index in [0.29, 0.717) is 0 Å². The molecule has 1 heterocycles. The van der Waals surface area contributed by atoms with Gasteiger partial charge in [0.25, 0.3) is 0 Å². The molecule has 0 saturated carbocycles. The molecular formula is C17H24N2. The molecule has 0 spiro atoms. The summed E-state index contributed by atoms with van der Waals surface area (Å²) in [5, 5.41) is 3.46. The van der Waals surface area contributed by atoms with Crippen molar-refractivity contribution in [2.45, 2.75) is 19.3 Å². The van der Waals surface area contributed by atoms with Gasteiger partial charge in [-0.2, -0.15) is 0 Å². The molecule has 0 atom stereocenters. The Labute approximate surface area is 116 Å². The molecule has 2 nitrogen and oxygen atoms in total. The van der Waals surface area contributed by atoms with Gasteiger partial charge >= 0.3 is 0 Å². The highest BCUT2D eigenvalue weighted by atomic mass is 15.1. The fourth-order valence-corrected chi connectivity index (χ4v) is 2.59. The summed E-state index contributed by atoms with van der Waals surface area (Å²) in [6.07, 6.45) is 7.46. The number of fused-ring (bicyclic) bond motifs is 1. The molecule has 1 aliphatic rings. The minimum Gasteiger partial charge on any atom is -0.385 e. The summed E-state index contributed by atoms with van der Waals surface area (Å²) in [5.74, 6) is 0. The van der Waals surface area contributed by atoms with Crippen molar-refractivity contribution in [3.8, 4) is 0 Å². The van der Waals surface area contributed by atoms with E-state index in [9.17, 15) is 0 Å². The average molecular weight is 256 g/mol. The van der Waals surface area contributed by atoms with E-state index in [2.05, 4.69) is 41.6 Å². The topological polar surface area (TPSA) is 15.3 Å². The van der Waals surface area contributed by atoms with Crippen molar-refractivity contribution in [3.05, 3.63) is 54.6 Å². The highest BCUT2D eigenvalue weighted by Gasteiger charge is 2.09. The van der Waals surface area contributed by atoms with Crippen LogP contribution >= 0.6 is 0 Å². The summed E-state index contributed by atoms with van der Waals surface area (Å²) in [7, 11) is 0. The van der Waals surface area contributed by atoms with E-state index in [4.69, 9.17) is 0 Å². The Hall–Kier alpha value is -1.54. The first kappa shape index (κ1) is 13.9. The van der Waals surface area contributed by atoms with Crippen molar-refractivity contribution < 1.29 is 0 Å². The fourth-order valence-electron chi connectivity index (χ4n) is 2.59. The van der Waals surface area contributed by atoms with E-state index in [1.807, 2.05) is 12.2 Å². The second kappa shape index (κ2) is 7.15. The highest BCUT2D eigenvalue weighted by molar-refractivity contribution is 5.54. The molecule has 2 heteroatoms. The van der Waals surface area contributed by atoms with E-state index in [-0.39, 0.29) is 0 Å². The zero-order valence-electron chi connectivity index (χ0n) is 11.7. The number of nitrogens with zero attached hydrogens (tertiary/aromatic N) is 1. The van der Waals surface area contributed by atoms with Crippen LogP contribution in [0.1, 0.15) is 17.5 Å². The van der Waals surface area contributed by atoms with Crippen molar-refractivity contribution in [1.29, 1.82) is 0 Å². The lowest BCUT2D eigenvalue weighted by Crippen LogP contribution is -2.26. The number of hydrogen-bond donors (Lipinski definition) is 1. The molecule has 1 N–H and O–H groups in total. The molecule has 0 aromatic heterocycles. The van der Waals surface area contributed by atoms with Crippen LogP contribution in [0.25, 0.3) is 0 Å². The average Bonchev–Trinajstić information content (AvgIpc) is 2.45. The lowest BCUT2D eigenvalue weighted by Gasteiger charge is -2.21. The Bertz CT molecular complexity index is 427. The fraction of sp³-hybridized carbons (Fsp3) is 0.412. The minimum absolute atomic E-state index is 0.929. The van der Waals surface area contributed by atoms with Gasteiger partial charge in [-0.3, -0.25) is 4.90 Å². The number of rotatable bonds is 7. The quantitative estimate of drug-likeness (QED) is 0.753. The predicted octanol–water partition coefficient (Wildman–Crippen LogP) is 3.26. The Morgan fingerprint density at radius 1 is 1.21 bits per heavy atom. The van der Waals surface area contributed by atoms with Gasteiger partial charge in [0.1, 0.15) is 0 Å². The van der Waals surface area contributed by atoms with Gasteiger partial charge in [0.15, 0.2) is 0 Å². The van der Waals surface area contributed by atoms with Gasteiger partial charge in [0.05, 0.1) is 0 Å². The number of aryl methyl sites for hydroxylation is 1. The van der Waals surface area contributed by atoms with Crippen LogP contribution in [-0.4, -0.2) is 31.1 Å². The van der Waals surface area contributed by atoms with Crippen LogP contribution in [-0.2, 0) is 12.8 Å². The summed E-state index contributed by atoms with van der Waals surface area (Å²) >= 11 is 0. The first-order valence-electron chi connectivity index (χ1n) is 7.13. The summed E-state index contributed by atoms with van der Waals surface area (Å²) in [6, 6.07) is 6.84. The molecule has 19 heavy (non-hydrogen) atoms. The lowest BCUT2D eigenvalue weighted by molar-refractivity contribution is 0.340. The van der Waals surface area contributed by atoms with Crippen LogP contribution in [0.2, 0.25) is 0 Å². The SMILES string of the molecule is C=CCN(CC=C)CCc1ccc2c(c1)CCCN2. The second-order valence-electron chi connectivity index (χ2n) is 5.11. The summed E-state index contributed by atoms with van der Waals surface area (Å²) < 4.78 is 0. The molecule has 1 aliphatic heterocycles. The van der Waals surface area contributed by atoms with Crippen molar-refractivity contribution >= 4 is 5.69 Å². The number of anilines is 1. The second-order valence-corrected chi connectivity index (χ2v) is 5.11. The molecule has 2 rings (SSSR count). The molecule has 0 amide bonds. The molecule has 0 fully saturated rings. The van der Waals surface area contributed by atoms with Gasteiger partial charge in [-0.1, -0.05) is 24.3 Å². The lowest BCUT2D eigenvalue weighted by atomic mass is 9.99. The Balaban J connectivity index is 1.94. The van der Waals surface area contributed by atoms with Crippen LogP contribution in [0.5, 0.6) is 0 Å². The molecule has 0 saturated heterocycles. The van der Waals surface area contributed by atoms with E-state index in [0.717, 1.165) is 32.6 Å². The van der Waals surface area contributed by atoms with Crippen molar-refractivity contribution in [1.82, 2.24) is 4.90 Å². The highest BCUT2D eigenvalue weighted by Crippen LogP contribution is 2.23. The smallest absolute Gasteiger partial charge is 0.0372 e. The predicted molar refractivity (Wildman–Crippen MR) is 83.8 cm³/mol. The summed E-state index contributed by atoms with van der Waals surface area (Å²) in [5.41, 5.74) is 4.23. The summed E-state index contributed by atoms with van der Waals surface area (Å²) in [6.45, 7) is 11.7. The summed E-state index contributed by atoms with van der Waals surface area (Å²) in [4.78, 5) is 2.36. The van der Waals surface area contributed by atoms with E-state index in [1.165, 1.54) is 29.7 Å². The van der Waals surface area contributed by atoms with Gasteiger partial charge < -0.3 is 5.32 Å². The monoisotopic (exact) mass is 256 g/mol. The molecule has 0 aliphatic carbocycles. The third-order valence-electron chi connectivity index (χ3n) is 3.60. The Morgan fingerprint density at radius 3 is 2.74 bits per heavy atom. The first-order valence-corrected chi connectivity index (χ1v) is 7.13. The molecule has 0 radical (unpaired) electrons. The van der Waals surface area contributed by atoms with E-state index < -0.39 is 0 Å². The van der Waals surface area contributed by atoms with Gasteiger partial charge in [0.2, 0.25) is 0 Å². The number of hydrogen-bond acceptors (Lipinski definition) is 2. The van der Waals surface area contributed by atoms with Crippen LogP contribution in [0, 0.1) is 0 Å². The molecular weight excluding hydrogens is 232 g/mol. The zero-order chi connectivity index (χ0) is 13.5. The third kappa shape index (κ3) is 3.97. The van der Waals surface area contributed by atoms with Gasteiger partial charge in [0, 0.05) is 31.9 Å².